The number of tetrazole rings is 1. The molecule has 1 N–H and O–H groups in total. The summed E-state index contributed by atoms with van der Waals surface area (Å²) in [4.78, 5) is 2.20. The highest BCUT2D eigenvalue weighted by Gasteiger charge is 2.21. The number of hydrogen-bond acceptors (Lipinski definition) is 7. The molecular formula is C16H26N8O. The lowest BCUT2D eigenvalue weighted by atomic mass is 10.00. The van der Waals surface area contributed by atoms with Gasteiger partial charge in [0.25, 0.3) is 0 Å². The van der Waals surface area contributed by atoms with Gasteiger partial charge in [0.2, 0.25) is 5.95 Å². The Morgan fingerprint density at radius 2 is 2.08 bits per heavy atom. The van der Waals surface area contributed by atoms with Crippen LogP contribution in [0, 0.1) is 5.92 Å². The molecule has 136 valence electrons. The number of anilines is 1. The standard InChI is InChI=1S/C16H26N8O/c1-12(2)10-24-15(5-4-14-17-21-22-18-14)19-20-16(24)23(3)11-13-6-8-25-9-7-13/h13H,1,4-11H2,2-3H3,(H,17,18,21,22). The van der Waals surface area contributed by atoms with E-state index in [-0.39, 0.29) is 0 Å². The van der Waals surface area contributed by atoms with Gasteiger partial charge in [-0.1, -0.05) is 17.4 Å². The number of aromatic nitrogens is 7. The molecule has 1 aliphatic rings. The van der Waals surface area contributed by atoms with Crippen LogP contribution in [0.2, 0.25) is 0 Å². The van der Waals surface area contributed by atoms with Crippen LogP contribution in [0.25, 0.3) is 0 Å². The van der Waals surface area contributed by atoms with E-state index >= 15 is 0 Å². The van der Waals surface area contributed by atoms with E-state index in [9.17, 15) is 0 Å². The Bertz CT molecular complexity index is 674. The van der Waals surface area contributed by atoms with Crippen molar-refractivity contribution in [1.29, 1.82) is 0 Å². The first-order chi connectivity index (χ1) is 12.1. The lowest BCUT2D eigenvalue weighted by Crippen LogP contribution is -2.31. The van der Waals surface area contributed by atoms with Gasteiger partial charge in [0, 0.05) is 46.2 Å². The summed E-state index contributed by atoms with van der Waals surface area (Å²) < 4.78 is 7.59. The summed E-state index contributed by atoms with van der Waals surface area (Å²) in [6.45, 7) is 9.44. The molecule has 1 saturated heterocycles. The smallest absolute Gasteiger partial charge is 0.227 e. The zero-order chi connectivity index (χ0) is 17.6. The van der Waals surface area contributed by atoms with Gasteiger partial charge >= 0.3 is 0 Å². The maximum Gasteiger partial charge on any atom is 0.227 e. The molecule has 9 heteroatoms. The van der Waals surface area contributed by atoms with Gasteiger partial charge in [-0.3, -0.25) is 4.57 Å². The third-order valence-corrected chi connectivity index (χ3v) is 4.41. The lowest BCUT2D eigenvalue weighted by Gasteiger charge is -2.28. The first-order valence-electron chi connectivity index (χ1n) is 8.71. The number of hydrogen-bond donors (Lipinski definition) is 1. The fourth-order valence-corrected chi connectivity index (χ4v) is 3.14. The van der Waals surface area contributed by atoms with Gasteiger partial charge in [0.05, 0.1) is 0 Å². The van der Waals surface area contributed by atoms with Crippen molar-refractivity contribution >= 4 is 5.95 Å². The molecule has 0 aromatic carbocycles. The van der Waals surface area contributed by atoms with Gasteiger partial charge < -0.3 is 9.64 Å². The minimum Gasteiger partial charge on any atom is -0.381 e. The molecule has 9 nitrogen and oxygen atoms in total. The summed E-state index contributed by atoms with van der Waals surface area (Å²) in [5, 5.41) is 22.9. The number of H-pyrrole nitrogens is 1. The van der Waals surface area contributed by atoms with Gasteiger partial charge in [-0.15, -0.1) is 20.4 Å². The number of ether oxygens (including phenoxy) is 1. The van der Waals surface area contributed by atoms with Crippen molar-refractivity contribution in [3.05, 3.63) is 23.8 Å². The Morgan fingerprint density at radius 3 is 2.76 bits per heavy atom. The Morgan fingerprint density at radius 1 is 1.28 bits per heavy atom. The summed E-state index contributed by atoms with van der Waals surface area (Å²) in [7, 11) is 2.08. The molecule has 3 heterocycles. The lowest BCUT2D eigenvalue weighted by molar-refractivity contribution is 0.0684. The van der Waals surface area contributed by atoms with E-state index < -0.39 is 0 Å². The van der Waals surface area contributed by atoms with Crippen molar-refractivity contribution in [3.8, 4) is 0 Å². The second-order valence-electron chi connectivity index (χ2n) is 6.72. The molecule has 2 aromatic heterocycles. The molecular weight excluding hydrogens is 320 g/mol. The Kier molecular flexibility index (Phi) is 5.75. The van der Waals surface area contributed by atoms with Crippen molar-refractivity contribution in [1.82, 2.24) is 35.4 Å². The van der Waals surface area contributed by atoms with Gasteiger partial charge in [0.1, 0.15) is 5.82 Å². The number of rotatable bonds is 8. The predicted molar refractivity (Wildman–Crippen MR) is 93.2 cm³/mol. The second kappa shape index (κ2) is 8.19. The SMILES string of the molecule is C=C(C)Cn1c(CCc2nn[nH]n2)nnc1N(C)CC1CCOCC1. The number of aryl methyl sites for hydroxylation is 2. The van der Waals surface area contributed by atoms with Crippen LogP contribution in [0.1, 0.15) is 31.4 Å². The number of aromatic amines is 1. The van der Waals surface area contributed by atoms with Crippen LogP contribution in [0.15, 0.2) is 12.2 Å². The van der Waals surface area contributed by atoms with Crippen LogP contribution in [0.3, 0.4) is 0 Å². The first-order valence-corrected chi connectivity index (χ1v) is 8.71. The maximum atomic E-state index is 5.45. The van der Waals surface area contributed by atoms with Gasteiger partial charge in [0.15, 0.2) is 5.82 Å². The normalized spacial score (nSPS) is 15.4. The highest BCUT2D eigenvalue weighted by molar-refractivity contribution is 5.31. The molecule has 0 unspecified atom stereocenters. The largest absolute Gasteiger partial charge is 0.381 e. The molecule has 0 bridgehead atoms. The molecule has 0 aliphatic carbocycles. The molecule has 0 radical (unpaired) electrons. The van der Waals surface area contributed by atoms with E-state index in [4.69, 9.17) is 4.74 Å². The van der Waals surface area contributed by atoms with Crippen molar-refractivity contribution in [2.45, 2.75) is 39.2 Å². The summed E-state index contributed by atoms with van der Waals surface area (Å²) in [6.07, 6.45) is 3.59. The Labute approximate surface area is 147 Å². The van der Waals surface area contributed by atoms with Gasteiger partial charge in [-0.2, -0.15) is 5.21 Å². The van der Waals surface area contributed by atoms with E-state index in [0.717, 1.165) is 49.9 Å². The second-order valence-corrected chi connectivity index (χ2v) is 6.72. The molecule has 1 fully saturated rings. The van der Waals surface area contributed by atoms with E-state index in [1.807, 2.05) is 6.92 Å². The zero-order valence-electron chi connectivity index (χ0n) is 15.0. The fourth-order valence-electron chi connectivity index (χ4n) is 3.14. The van der Waals surface area contributed by atoms with E-state index in [0.29, 0.717) is 31.1 Å². The van der Waals surface area contributed by atoms with E-state index in [2.05, 4.69) is 53.9 Å². The van der Waals surface area contributed by atoms with Gasteiger partial charge in [-0.05, 0) is 25.7 Å². The van der Waals surface area contributed by atoms with Crippen LogP contribution < -0.4 is 4.90 Å². The number of nitrogens with zero attached hydrogens (tertiary/aromatic N) is 7. The maximum absolute atomic E-state index is 5.45. The quantitative estimate of drug-likeness (QED) is 0.713. The van der Waals surface area contributed by atoms with Crippen molar-refractivity contribution < 1.29 is 4.74 Å². The van der Waals surface area contributed by atoms with Crippen LogP contribution in [0.4, 0.5) is 5.95 Å². The summed E-state index contributed by atoms with van der Waals surface area (Å²) >= 11 is 0. The number of nitrogens with one attached hydrogen (secondary N) is 1. The van der Waals surface area contributed by atoms with Crippen LogP contribution >= 0.6 is 0 Å². The predicted octanol–water partition coefficient (Wildman–Crippen LogP) is 1.02. The van der Waals surface area contributed by atoms with E-state index in [1.165, 1.54) is 0 Å². The zero-order valence-corrected chi connectivity index (χ0v) is 15.0. The average molecular weight is 346 g/mol. The molecule has 3 rings (SSSR count). The summed E-state index contributed by atoms with van der Waals surface area (Å²) in [5.41, 5.74) is 1.07. The Hall–Kier alpha value is -2.29. The third kappa shape index (κ3) is 4.62. The molecule has 0 atom stereocenters. The Balaban J connectivity index is 1.71. The van der Waals surface area contributed by atoms with Crippen LogP contribution in [-0.2, 0) is 24.1 Å². The fraction of sp³-hybridized carbons (Fsp3) is 0.688. The molecule has 0 amide bonds. The minimum absolute atomic E-state index is 0.636. The van der Waals surface area contributed by atoms with E-state index in [1.54, 1.807) is 0 Å². The van der Waals surface area contributed by atoms with Crippen molar-refractivity contribution in [2.75, 3.05) is 31.7 Å². The topological polar surface area (TPSA) is 97.6 Å². The summed E-state index contributed by atoms with van der Waals surface area (Å²) in [6, 6.07) is 0. The molecule has 1 aliphatic heterocycles. The molecule has 25 heavy (non-hydrogen) atoms. The molecule has 2 aromatic rings. The molecule has 0 spiro atoms. The first kappa shape index (κ1) is 17.5. The monoisotopic (exact) mass is 346 g/mol. The van der Waals surface area contributed by atoms with Crippen LogP contribution in [-0.4, -0.2) is 62.2 Å². The van der Waals surface area contributed by atoms with Crippen LogP contribution in [0.5, 0.6) is 0 Å². The number of allylic oxidation sites excluding steroid dienone is 1. The average Bonchev–Trinajstić information content (AvgIpc) is 3.23. The highest BCUT2D eigenvalue weighted by Crippen LogP contribution is 2.20. The van der Waals surface area contributed by atoms with Gasteiger partial charge in [-0.25, -0.2) is 0 Å². The van der Waals surface area contributed by atoms with Crippen molar-refractivity contribution in [3.63, 3.8) is 0 Å². The highest BCUT2D eigenvalue weighted by atomic mass is 16.5. The summed E-state index contributed by atoms with van der Waals surface area (Å²) in [5.74, 6) is 3.12. The van der Waals surface area contributed by atoms with Crippen molar-refractivity contribution in [2.24, 2.45) is 5.92 Å². The third-order valence-electron chi connectivity index (χ3n) is 4.41. The molecule has 0 saturated carbocycles. The minimum atomic E-state index is 0.636.